The van der Waals surface area contributed by atoms with Gasteiger partial charge in [0.05, 0.1) is 10.9 Å². The van der Waals surface area contributed by atoms with E-state index in [9.17, 15) is 13.2 Å². The summed E-state index contributed by atoms with van der Waals surface area (Å²) >= 11 is 1.66. The maximum atomic E-state index is 12.3. The van der Waals surface area contributed by atoms with E-state index in [2.05, 4.69) is 15.4 Å². The molecule has 0 aliphatic carbocycles. The standard InChI is InChI=1S/C14H21N3O3S2.ClH/c1-3-10(2)17-22(19,20)12-6-4-5-11(7-12)16-14(18)13-8-21-9-15-13;/h4-7,10,13,15,17H,3,8-9H2,1-2H3,(H,16,18);1H. The van der Waals surface area contributed by atoms with Crippen LogP contribution in [0.1, 0.15) is 20.3 Å². The first-order valence-electron chi connectivity index (χ1n) is 7.16. The van der Waals surface area contributed by atoms with Crippen LogP contribution < -0.4 is 15.4 Å². The lowest BCUT2D eigenvalue weighted by molar-refractivity contribution is -0.117. The van der Waals surface area contributed by atoms with Crippen LogP contribution in [0.5, 0.6) is 0 Å². The van der Waals surface area contributed by atoms with Gasteiger partial charge >= 0.3 is 0 Å². The summed E-state index contributed by atoms with van der Waals surface area (Å²) in [4.78, 5) is 12.2. The van der Waals surface area contributed by atoms with Crippen molar-refractivity contribution < 1.29 is 13.2 Å². The number of benzene rings is 1. The van der Waals surface area contributed by atoms with Crippen LogP contribution in [-0.4, -0.2) is 38.0 Å². The summed E-state index contributed by atoms with van der Waals surface area (Å²) in [6.45, 7) is 3.73. The Kier molecular flexibility index (Phi) is 7.82. The molecule has 3 N–H and O–H groups in total. The largest absolute Gasteiger partial charge is 0.325 e. The molecule has 2 atom stereocenters. The molecule has 1 aliphatic rings. The predicted molar refractivity (Wildman–Crippen MR) is 96.6 cm³/mol. The second kappa shape index (κ2) is 8.89. The van der Waals surface area contributed by atoms with Crippen LogP contribution >= 0.6 is 24.2 Å². The fraction of sp³-hybridized carbons (Fsp3) is 0.500. The van der Waals surface area contributed by atoms with Crippen molar-refractivity contribution in [3.8, 4) is 0 Å². The molecule has 23 heavy (non-hydrogen) atoms. The molecule has 0 spiro atoms. The van der Waals surface area contributed by atoms with Gasteiger partial charge in [-0.15, -0.1) is 24.2 Å². The highest BCUT2D eigenvalue weighted by Crippen LogP contribution is 2.17. The third-order valence-corrected chi connectivity index (χ3v) is 5.94. The van der Waals surface area contributed by atoms with Crippen LogP contribution in [0.25, 0.3) is 0 Å². The predicted octanol–water partition coefficient (Wildman–Crippen LogP) is 1.79. The van der Waals surface area contributed by atoms with Gasteiger partial charge in [0, 0.05) is 23.4 Å². The van der Waals surface area contributed by atoms with Crippen molar-refractivity contribution in [3.05, 3.63) is 24.3 Å². The zero-order chi connectivity index (χ0) is 16.2. The van der Waals surface area contributed by atoms with Crippen molar-refractivity contribution in [1.29, 1.82) is 0 Å². The maximum Gasteiger partial charge on any atom is 0.242 e. The Balaban J connectivity index is 0.00000264. The van der Waals surface area contributed by atoms with Gasteiger partial charge in [0.1, 0.15) is 0 Å². The summed E-state index contributed by atoms with van der Waals surface area (Å²) in [7, 11) is -3.57. The molecule has 1 amide bonds. The van der Waals surface area contributed by atoms with Gasteiger partial charge in [-0.2, -0.15) is 0 Å². The number of thioether (sulfide) groups is 1. The highest BCUT2D eigenvalue weighted by atomic mass is 35.5. The van der Waals surface area contributed by atoms with Gasteiger partial charge in [-0.05, 0) is 31.5 Å². The quantitative estimate of drug-likeness (QED) is 0.701. The van der Waals surface area contributed by atoms with Crippen LogP contribution in [0.4, 0.5) is 5.69 Å². The fourth-order valence-corrected chi connectivity index (χ4v) is 4.26. The van der Waals surface area contributed by atoms with Gasteiger partial charge in [-0.25, -0.2) is 13.1 Å². The molecular formula is C14H22ClN3O3S2. The molecular weight excluding hydrogens is 358 g/mol. The van der Waals surface area contributed by atoms with Crippen molar-refractivity contribution in [3.63, 3.8) is 0 Å². The van der Waals surface area contributed by atoms with Crippen molar-refractivity contribution in [2.45, 2.75) is 37.2 Å². The molecule has 0 bridgehead atoms. The van der Waals surface area contributed by atoms with E-state index in [0.29, 0.717) is 12.1 Å². The molecule has 0 aromatic heterocycles. The molecule has 2 rings (SSSR count). The lowest BCUT2D eigenvalue weighted by atomic mass is 10.2. The topological polar surface area (TPSA) is 87.3 Å². The highest BCUT2D eigenvalue weighted by molar-refractivity contribution is 7.99. The fourth-order valence-electron chi connectivity index (χ4n) is 1.95. The summed E-state index contributed by atoms with van der Waals surface area (Å²) in [5, 5.41) is 5.83. The normalized spacial score (nSPS) is 19.0. The molecule has 0 radical (unpaired) electrons. The average Bonchev–Trinajstić information content (AvgIpc) is 3.01. The molecule has 9 heteroatoms. The second-order valence-electron chi connectivity index (χ2n) is 5.22. The number of sulfonamides is 1. The summed E-state index contributed by atoms with van der Waals surface area (Å²) in [5.41, 5.74) is 0.482. The Bertz CT molecular complexity index is 634. The third-order valence-electron chi connectivity index (χ3n) is 3.41. The Hall–Kier alpha value is -0.800. The van der Waals surface area contributed by atoms with Crippen LogP contribution in [-0.2, 0) is 14.8 Å². The number of hydrogen-bond acceptors (Lipinski definition) is 5. The molecule has 1 saturated heterocycles. The number of rotatable bonds is 6. The smallest absolute Gasteiger partial charge is 0.242 e. The SMILES string of the molecule is CCC(C)NS(=O)(=O)c1cccc(NC(=O)C2CSCN2)c1.Cl. The number of nitrogens with one attached hydrogen (secondary N) is 3. The molecule has 1 aromatic carbocycles. The van der Waals surface area contributed by atoms with E-state index >= 15 is 0 Å². The summed E-state index contributed by atoms with van der Waals surface area (Å²) in [5.74, 6) is 1.33. The minimum atomic E-state index is -3.57. The van der Waals surface area contributed by atoms with E-state index in [1.807, 2.05) is 13.8 Å². The van der Waals surface area contributed by atoms with Crippen LogP contribution in [0, 0.1) is 0 Å². The second-order valence-corrected chi connectivity index (χ2v) is 7.96. The van der Waals surface area contributed by atoms with E-state index in [-0.39, 0.29) is 35.3 Å². The Labute approximate surface area is 147 Å². The number of carbonyl (C=O) groups is 1. The van der Waals surface area contributed by atoms with Gasteiger partial charge in [0.2, 0.25) is 15.9 Å². The zero-order valence-electron chi connectivity index (χ0n) is 13.0. The van der Waals surface area contributed by atoms with Gasteiger partial charge in [0.25, 0.3) is 0 Å². The number of amides is 1. The molecule has 1 heterocycles. The third kappa shape index (κ3) is 5.65. The molecule has 6 nitrogen and oxygen atoms in total. The summed E-state index contributed by atoms with van der Waals surface area (Å²) in [6.07, 6.45) is 0.709. The zero-order valence-corrected chi connectivity index (χ0v) is 15.5. The van der Waals surface area contributed by atoms with E-state index in [4.69, 9.17) is 0 Å². The monoisotopic (exact) mass is 379 g/mol. The molecule has 2 unspecified atom stereocenters. The molecule has 1 aromatic rings. The van der Waals surface area contributed by atoms with Crippen molar-refractivity contribution in [2.75, 3.05) is 16.9 Å². The average molecular weight is 380 g/mol. The first-order valence-corrected chi connectivity index (χ1v) is 9.80. The Morgan fingerprint density at radius 1 is 1.48 bits per heavy atom. The Morgan fingerprint density at radius 2 is 2.22 bits per heavy atom. The summed E-state index contributed by atoms with van der Waals surface area (Å²) in [6, 6.07) is 5.93. The van der Waals surface area contributed by atoms with Crippen molar-refractivity contribution >= 4 is 45.8 Å². The van der Waals surface area contributed by atoms with Gasteiger partial charge in [-0.1, -0.05) is 13.0 Å². The van der Waals surface area contributed by atoms with Gasteiger partial charge in [0.15, 0.2) is 0 Å². The maximum absolute atomic E-state index is 12.3. The summed E-state index contributed by atoms with van der Waals surface area (Å²) < 4.78 is 27.1. The highest BCUT2D eigenvalue weighted by Gasteiger charge is 2.23. The van der Waals surface area contributed by atoms with Crippen molar-refractivity contribution in [1.82, 2.24) is 10.0 Å². The van der Waals surface area contributed by atoms with Gasteiger partial charge < -0.3 is 5.32 Å². The number of anilines is 1. The first kappa shape index (κ1) is 20.2. The Morgan fingerprint density at radius 3 is 2.83 bits per heavy atom. The van der Waals surface area contributed by atoms with E-state index in [0.717, 1.165) is 11.6 Å². The molecule has 130 valence electrons. The lowest BCUT2D eigenvalue weighted by Gasteiger charge is -2.14. The van der Waals surface area contributed by atoms with Gasteiger partial charge in [-0.3, -0.25) is 10.1 Å². The van der Waals surface area contributed by atoms with E-state index < -0.39 is 10.0 Å². The van der Waals surface area contributed by atoms with E-state index in [1.165, 1.54) is 12.1 Å². The minimum Gasteiger partial charge on any atom is -0.325 e. The van der Waals surface area contributed by atoms with E-state index in [1.54, 1.807) is 23.9 Å². The molecule has 0 saturated carbocycles. The molecule has 1 fully saturated rings. The molecule has 1 aliphatic heterocycles. The lowest BCUT2D eigenvalue weighted by Crippen LogP contribution is -2.37. The van der Waals surface area contributed by atoms with Crippen molar-refractivity contribution in [2.24, 2.45) is 0 Å². The number of carbonyl (C=O) groups excluding carboxylic acids is 1. The van der Waals surface area contributed by atoms with Crippen LogP contribution in [0.2, 0.25) is 0 Å². The number of halogens is 1. The van der Waals surface area contributed by atoms with Crippen LogP contribution in [0.15, 0.2) is 29.2 Å². The first-order chi connectivity index (χ1) is 10.4. The minimum absolute atomic E-state index is 0. The number of hydrogen-bond donors (Lipinski definition) is 3. The van der Waals surface area contributed by atoms with Crippen LogP contribution in [0.3, 0.4) is 0 Å².